The quantitative estimate of drug-likeness (QED) is 0.240. The summed E-state index contributed by atoms with van der Waals surface area (Å²) in [6.45, 7) is 5.44. The Morgan fingerprint density at radius 3 is 2.40 bits per heavy atom. The summed E-state index contributed by atoms with van der Waals surface area (Å²) < 4.78 is 0. The number of rotatable bonds is 5. The summed E-state index contributed by atoms with van der Waals surface area (Å²) in [4.78, 5) is 26.2. The van der Waals surface area contributed by atoms with Gasteiger partial charge in [0.15, 0.2) is 0 Å². The molecule has 0 radical (unpaired) electrons. The van der Waals surface area contributed by atoms with Crippen LogP contribution >= 0.6 is 0 Å². The van der Waals surface area contributed by atoms with Crippen LogP contribution in [0.3, 0.4) is 0 Å². The second-order valence-electron chi connectivity index (χ2n) is 14.8. The van der Waals surface area contributed by atoms with E-state index in [0.717, 1.165) is 19.4 Å². The Balaban J connectivity index is 1.28. The van der Waals surface area contributed by atoms with Crippen LogP contribution in [0.2, 0.25) is 0 Å². The highest BCUT2D eigenvalue weighted by Crippen LogP contribution is 2.59. The highest BCUT2D eigenvalue weighted by Gasteiger charge is 2.65. The number of amides is 1. The molecule has 4 saturated carbocycles. The van der Waals surface area contributed by atoms with E-state index in [1.165, 1.54) is 25.7 Å². The van der Waals surface area contributed by atoms with Crippen molar-refractivity contribution in [2.24, 2.45) is 64.9 Å². The summed E-state index contributed by atoms with van der Waals surface area (Å²) in [5.41, 5.74) is 2.70. The summed E-state index contributed by atoms with van der Waals surface area (Å²) in [5, 5.41) is 59.6. The first kappa shape index (κ1) is 30.3. The fourth-order valence-corrected chi connectivity index (χ4v) is 10.7. The average molecular weight is 587 g/mol. The van der Waals surface area contributed by atoms with Gasteiger partial charge < -0.3 is 36.6 Å². The van der Waals surface area contributed by atoms with E-state index >= 15 is 0 Å². The fraction of sp³-hybridized carbons (Fsp3) is 0.818. The third kappa shape index (κ3) is 4.69. The summed E-state index contributed by atoms with van der Waals surface area (Å²) >= 11 is 0. The predicted octanol–water partition coefficient (Wildman–Crippen LogP) is 1.98. The number of carbonyl (C=O) groups excluding carboxylic acids is 2. The monoisotopic (exact) mass is 586 g/mol. The molecule has 6 aliphatic rings. The number of aliphatic hydroxyl groups is 5. The van der Waals surface area contributed by atoms with E-state index in [4.69, 9.17) is 5.73 Å². The van der Waals surface area contributed by atoms with Gasteiger partial charge in [0.25, 0.3) is 5.91 Å². The maximum absolute atomic E-state index is 14.2. The molecular weight excluding hydrogens is 536 g/mol. The standard InChI is InChI=1S/C33H50N2O7/c1-15(2)35-14-16-7-8-21(20-6-4-3-5-19(16)20)22-9-10-24(36)27-23(22)12-17-11-18-13-25(37)28(32(34)41)31(40)33(18,42)30(39)26(17)29(27)38/h9-10,15-24,26-27,30-31,35-37,39-40,42H,3-8,11-14H2,1-2H3,(H2,34,41)/t16?,17-,18+,19?,20?,21?,22?,23?,24?,26?,27?,30?,31?,33+/m1/s1. The first-order valence-electron chi connectivity index (χ1n) is 16.4. The number of hydrogen-bond donors (Lipinski definition) is 7. The summed E-state index contributed by atoms with van der Waals surface area (Å²) in [5.74, 6) is -1.88. The molecule has 14 atom stereocenters. The van der Waals surface area contributed by atoms with Crippen LogP contribution in [-0.2, 0) is 9.59 Å². The summed E-state index contributed by atoms with van der Waals surface area (Å²) in [6, 6.07) is 0.461. The molecule has 0 aromatic carbocycles. The Hall–Kier alpha value is -1.78. The van der Waals surface area contributed by atoms with Crippen molar-refractivity contribution in [2.45, 2.75) is 102 Å². The van der Waals surface area contributed by atoms with Gasteiger partial charge >= 0.3 is 0 Å². The van der Waals surface area contributed by atoms with Crippen molar-refractivity contribution >= 4 is 11.7 Å². The van der Waals surface area contributed by atoms with Crippen LogP contribution in [0.1, 0.15) is 71.6 Å². The van der Waals surface area contributed by atoms with E-state index in [1.54, 1.807) is 6.08 Å². The summed E-state index contributed by atoms with van der Waals surface area (Å²) in [7, 11) is 0. The normalized spacial score (nSPS) is 48.7. The largest absolute Gasteiger partial charge is 0.512 e. The smallest absolute Gasteiger partial charge is 0.250 e. The molecular formula is C33H50N2O7. The molecule has 42 heavy (non-hydrogen) atoms. The molecule has 0 saturated heterocycles. The van der Waals surface area contributed by atoms with Crippen LogP contribution in [-0.4, -0.2) is 73.7 Å². The first-order valence-corrected chi connectivity index (χ1v) is 16.4. The lowest BCUT2D eigenvalue weighted by Crippen LogP contribution is -2.70. The minimum atomic E-state index is -2.19. The topological polar surface area (TPSA) is 173 Å². The zero-order valence-corrected chi connectivity index (χ0v) is 24.9. The molecule has 4 fully saturated rings. The van der Waals surface area contributed by atoms with Crippen LogP contribution in [0.15, 0.2) is 23.5 Å². The van der Waals surface area contributed by atoms with E-state index in [0.29, 0.717) is 42.6 Å². The fourth-order valence-electron chi connectivity index (χ4n) is 10.7. The van der Waals surface area contributed by atoms with Gasteiger partial charge in [-0.3, -0.25) is 9.59 Å². The highest BCUT2D eigenvalue weighted by atomic mass is 16.4. The second kappa shape index (κ2) is 11.3. The zero-order chi connectivity index (χ0) is 30.1. The van der Waals surface area contributed by atoms with E-state index in [2.05, 4.69) is 25.2 Å². The van der Waals surface area contributed by atoms with E-state index in [1.807, 2.05) is 0 Å². The average Bonchev–Trinajstić information content (AvgIpc) is 2.93. The number of ketones is 1. The lowest BCUT2D eigenvalue weighted by Gasteiger charge is -2.58. The minimum Gasteiger partial charge on any atom is -0.512 e. The molecule has 6 rings (SSSR count). The van der Waals surface area contributed by atoms with Gasteiger partial charge in [0, 0.05) is 24.3 Å². The van der Waals surface area contributed by atoms with Gasteiger partial charge in [-0.15, -0.1) is 0 Å². The molecule has 1 amide bonds. The summed E-state index contributed by atoms with van der Waals surface area (Å²) in [6.07, 6.45) is 7.54. The molecule has 0 aromatic rings. The second-order valence-corrected chi connectivity index (χ2v) is 14.8. The van der Waals surface area contributed by atoms with Crippen LogP contribution < -0.4 is 11.1 Å². The molecule has 11 unspecified atom stereocenters. The highest BCUT2D eigenvalue weighted by molar-refractivity contribution is 5.94. The van der Waals surface area contributed by atoms with Crippen LogP contribution in [0.25, 0.3) is 0 Å². The first-order chi connectivity index (χ1) is 19.9. The number of carbonyl (C=O) groups is 2. The molecule has 0 aromatic heterocycles. The van der Waals surface area contributed by atoms with Gasteiger partial charge in [0.2, 0.25) is 0 Å². The number of nitrogens with one attached hydrogen (secondary N) is 1. The SMILES string of the molecule is CC(C)NCC1CCC(C2C=CC(O)C3C(=O)C4C(O)[C@]5(O)C(O)C(C(N)=O)=C(O)C[C@@H]5C[C@@H]4CC23)C2CCCCC12. The minimum absolute atomic E-state index is 0.0612. The van der Waals surface area contributed by atoms with Gasteiger partial charge in [-0.2, -0.15) is 0 Å². The Kier molecular flexibility index (Phi) is 8.14. The lowest BCUT2D eigenvalue weighted by atomic mass is 9.48. The van der Waals surface area contributed by atoms with Crippen LogP contribution in [0.4, 0.5) is 0 Å². The molecule has 9 nitrogen and oxygen atoms in total. The van der Waals surface area contributed by atoms with Crippen LogP contribution in [0, 0.1) is 59.2 Å². The predicted molar refractivity (Wildman–Crippen MR) is 156 cm³/mol. The number of hydrogen-bond acceptors (Lipinski definition) is 8. The third-order valence-electron chi connectivity index (χ3n) is 12.6. The van der Waals surface area contributed by atoms with Crippen LogP contribution in [0.5, 0.6) is 0 Å². The molecule has 0 heterocycles. The van der Waals surface area contributed by atoms with Crippen molar-refractivity contribution in [3.63, 3.8) is 0 Å². The van der Waals surface area contributed by atoms with Gasteiger partial charge in [-0.25, -0.2) is 0 Å². The third-order valence-corrected chi connectivity index (χ3v) is 12.6. The molecule has 6 aliphatic carbocycles. The lowest BCUT2D eigenvalue weighted by molar-refractivity contribution is -0.229. The number of aliphatic hydroxyl groups excluding tert-OH is 4. The van der Waals surface area contributed by atoms with Crippen molar-refractivity contribution in [1.29, 1.82) is 0 Å². The van der Waals surface area contributed by atoms with Crippen molar-refractivity contribution in [3.05, 3.63) is 23.5 Å². The Labute approximate surface area is 248 Å². The van der Waals surface area contributed by atoms with E-state index in [9.17, 15) is 35.1 Å². The van der Waals surface area contributed by atoms with Crippen molar-refractivity contribution in [2.75, 3.05) is 6.54 Å². The molecule has 0 bridgehead atoms. The zero-order valence-electron chi connectivity index (χ0n) is 24.9. The van der Waals surface area contributed by atoms with Crippen molar-refractivity contribution in [1.82, 2.24) is 5.32 Å². The Morgan fingerprint density at radius 2 is 1.71 bits per heavy atom. The number of fused-ring (bicyclic) bond motifs is 4. The van der Waals surface area contributed by atoms with Gasteiger partial charge in [-0.1, -0.05) is 38.8 Å². The molecule has 234 valence electrons. The molecule has 0 spiro atoms. The molecule has 9 heteroatoms. The Bertz CT molecular complexity index is 1140. The number of allylic oxidation sites excluding steroid dienone is 2. The number of nitrogens with two attached hydrogens (primary N) is 1. The maximum atomic E-state index is 14.2. The van der Waals surface area contributed by atoms with Crippen molar-refractivity contribution < 1.29 is 35.1 Å². The molecule has 0 aliphatic heterocycles. The van der Waals surface area contributed by atoms with E-state index in [-0.39, 0.29) is 35.7 Å². The van der Waals surface area contributed by atoms with Gasteiger partial charge in [0.1, 0.15) is 23.2 Å². The van der Waals surface area contributed by atoms with Crippen molar-refractivity contribution in [3.8, 4) is 0 Å². The van der Waals surface area contributed by atoms with E-state index < -0.39 is 53.1 Å². The van der Waals surface area contributed by atoms with Gasteiger partial charge in [0.05, 0.1) is 23.7 Å². The number of primary amides is 1. The molecule has 8 N–H and O–H groups in total. The maximum Gasteiger partial charge on any atom is 0.250 e. The van der Waals surface area contributed by atoms with Gasteiger partial charge in [-0.05, 0) is 86.5 Å². The number of Topliss-reactive ketones (excluding diaryl/α,β-unsaturated/α-hetero) is 1. The Morgan fingerprint density at radius 1 is 1.00 bits per heavy atom.